The number of amides is 1. The van der Waals surface area contributed by atoms with Gasteiger partial charge in [-0.15, -0.1) is 12.4 Å². The number of halogens is 2. The number of hydrogen-bond donors (Lipinski definition) is 1. The van der Waals surface area contributed by atoms with Gasteiger partial charge in [0.05, 0.1) is 12.5 Å². The maximum Gasteiger partial charge on any atom is 0.310 e. The number of carbonyl (C=O) groups is 2. The van der Waals surface area contributed by atoms with Gasteiger partial charge < -0.3 is 15.0 Å². The lowest BCUT2D eigenvalue weighted by atomic mass is 9.98. The zero-order chi connectivity index (χ0) is 17.5. The second-order valence-electron chi connectivity index (χ2n) is 6.10. The van der Waals surface area contributed by atoms with E-state index in [1.165, 1.54) is 0 Å². The van der Waals surface area contributed by atoms with Crippen molar-refractivity contribution in [2.75, 3.05) is 31.6 Å². The first kappa shape index (κ1) is 21.7. The van der Waals surface area contributed by atoms with Crippen molar-refractivity contribution in [1.82, 2.24) is 4.90 Å². The van der Waals surface area contributed by atoms with Crippen LogP contribution >= 0.6 is 24.0 Å². The second-order valence-corrected chi connectivity index (χ2v) is 6.51. The van der Waals surface area contributed by atoms with Gasteiger partial charge in [-0.2, -0.15) is 0 Å². The molecule has 1 amide bonds. The SMILES string of the molecule is CCOC(=O)C1CCCN(CCC(=O)Nc2cccc(Cl)c2C)C1.Cl. The predicted octanol–water partition coefficient (Wildman–Crippen LogP) is 3.67. The zero-order valence-corrected chi connectivity index (χ0v) is 16.3. The first-order valence-electron chi connectivity index (χ1n) is 8.45. The molecule has 0 radical (unpaired) electrons. The third-order valence-electron chi connectivity index (χ3n) is 4.32. The lowest BCUT2D eigenvalue weighted by molar-refractivity contribution is -0.149. The molecule has 1 aromatic carbocycles. The number of hydrogen-bond acceptors (Lipinski definition) is 4. The van der Waals surface area contributed by atoms with Crippen molar-refractivity contribution < 1.29 is 14.3 Å². The zero-order valence-electron chi connectivity index (χ0n) is 14.7. The fourth-order valence-electron chi connectivity index (χ4n) is 2.93. The van der Waals surface area contributed by atoms with E-state index >= 15 is 0 Å². The average Bonchev–Trinajstić information content (AvgIpc) is 2.58. The summed E-state index contributed by atoms with van der Waals surface area (Å²) in [5.74, 6) is -0.239. The molecule has 2 rings (SSSR count). The smallest absolute Gasteiger partial charge is 0.310 e. The molecule has 1 N–H and O–H groups in total. The van der Waals surface area contributed by atoms with Crippen molar-refractivity contribution in [3.63, 3.8) is 0 Å². The molecular formula is C18H26Cl2N2O3. The molecule has 5 nitrogen and oxygen atoms in total. The Morgan fingerprint density at radius 3 is 2.88 bits per heavy atom. The third-order valence-corrected chi connectivity index (χ3v) is 4.73. The van der Waals surface area contributed by atoms with E-state index in [1.807, 2.05) is 26.0 Å². The van der Waals surface area contributed by atoms with Gasteiger partial charge in [0.15, 0.2) is 0 Å². The van der Waals surface area contributed by atoms with Crippen molar-refractivity contribution in [3.8, 4) is 0 Å². The highest BCUT2D eigenvalue weighted by molar-refractivity contribution is 6.31. The number of ether oxygens (including phenoxy) is 1. The average molecular weight is 389 g/mol. The van der Waals surface area contributed by atoms with Gasteiger partial charge in [-0.3, -0.25) is 9.59 Å². The summed E-state index contributed by atoms with van der Waals surface area (Å²) in [6.45, 7) is 6.34. The molecule has 0 bridgehead atoms. The number of likely N-dealkylation sites (tertiary alicyclic amines) is 1. The first-order chi connectivity index (χ1) is 11.5. The van der Waals surface area contributed by atoms with Crippen molar-refractivity contribution in [2.24, 2.45) is 5.92 Å². The Balaban J connectivity index is 0.00000312. The summed E-state index contributed by atoms with van der Waals surface area (Å²) in [5.41, 5.74) is 1.61. The predicted molar refractivity (Wildman–Crippen MR) is 102 cm³/mol. The number of rotatable bonds is 6. The van der Waals surface area contributed by atoms with Crippen molar-refractivity contribution in [3.05, 3.63) is 28.8 Å². The number of nitrogens with zero attached hydrogens (tertiary/aromatic N) is 1. The Morgan fingerprint density at radius 1 is 1.40 bits per heavy atom. The maximum absolute atomic E-state index is 12.2. The molecule has 1 unspecified atom stereocenters. The van der Waals surface area contributed by atoms with Crippen LogP contribution in [-0.2, 0) is 14.3 Å². The van der Waals surface area contributed by atoms with E-state index in [1.54, 1.807) is 6.07 Å². The minimum absolute atomic E-state index is 0. The quantitative estimate of drug-likeness (QED) is 0.755. The Kier molecular flexibility index (Phi) is 9.25. The van der Waals surface area contributed by atoms with Gasteiger partial charge in [-0.1, -0.05) is 17.7 Å². The highest BCUT2D eigenvalue weighted by Gasteiger charge is 2.26. The van der Waals surface area contributed by atoms with Gasteiger partial charge in [0.25, 0.3) is 0 Å². The molecule has 0 aliphatic carbocycles. The number of nitrogens with one attached hydrogen (secondary N) is 1. The van der Waals surface area contributed by atoms with Crippen LogP contribution in [0.25, 0.3) is 0 Å². The van der Waals surface area contributed by atoms with Crippen LogP contribution in [0, 0.1) is 12.8 Å². The van der Waals surface area contributed by atoms with Gasteiger partial charge in [-0.25, -0.2) is 0 Å². The van der Waals surface area contributed by atoms with E-state index in [9.17, 15) is 9.59 Å². The largest absolute Gasteiger partial charge is 0.466 e. The third kappa shape index (κ3) is 6.49. The van der Waals surface area contributed by atoms with E-state index in [2.05, 4.69) is 10.2 Å². The number of anilines is 1. The molecule has 0 spiro atoms. The number of carbonyl (C=O) groups excluding carboxylic acids is 2. The van der Waals surface area contributed by atoms with Crippen LogP contribution in [0.1, 0.15) is 31.7 Å². The highest BCUT2D eigenvalue weighted by atomic mass is 35.5. The molecule has 1 atom stereocenters. The molecule has 1 fully saturated rings. The summed E-state index contributed by atoms with van der Waals surface area (Å²) in [4.78, 5) is 26.2. The summed E-state index contributed by atoms with van der Waals surface area (Å²) in [6, 6.07) is 5.46. The van der Waals surface area contributed by atoms with E-state index in [0.29, 0.717) is 31.1 Å². The molecule has 25 heavy (non-hydrogen) atoms. The number of benzene rings is 1. The fraction of sp³-hybridized carbons (Fsp3) is 0.556. The van der Waals surface area contributed by atoms with Crippen LogP contribution in [0.5, 0.6) is 0 Å². The standard InChI is InChI=1S/C18H25ClN2O3.ClH/c1-3-24-18(23)14-6-5-10-21(12-14)11-9-17(22)20-16-8-4-7-15(19)13(16)2;/h4,7-8,14H,3,5-6,9-12H2,1-2H3,(H,20,22);1H. The lowest BCUT2D eigenvalue weighted by Crippen LogP contribution is -2.40. The Morgan fingerprint density at radius 2 is 2.16 bits per heavy atom. The summed E-state index contributed by atoms with van der Waals surface area (Å²) >= 11 is 6.06. The second kappa shape index (κ2) is 10.6. The van der Waals surface area contributed by atoms with Crippen LogP contribution in [-0.4, -0.2) is 43.0 Å². The van der Waals surface area contributed by atoms with E-state index in [0.717, 1.165) is 30.6 Å². The highest BCUT2D eigenvalue weighted by Crippen LogP contribution is 2.23. The monoisotopic (exact) mass is 388 g/mol. The van der Waals surface area contributed by atoms with E-state index in [-0.39, 0.29) is 30.2 Å². The van der Waals surface area contributed by atoms with Crippen LogP contribution in [0.15, 0.2) is 18.2 Å². The summed E-state index contributed by atoms with van der Waals surface area (Å²) in [6.07, 6.45) is 2.21. The molecule has 0 aromatic heterocycles. The van der Waals surface area contributed by atoms with Gasteiger partial charge >= 0.3 is 5.97 Å². The number of esters is 1. The molecule has 1 aliphatic heterocycles. The fourth-order valence-corrected chi connectivity index (χ4v) is 3.10. The van der Waals surface area contributed by atoms with Gasteiger partial charge in [0.1, 0.15) is 0 Å². The molecule has 1 heterocycles. The summed E-state index contributed by atoms with van der Waals surface area (Å²) in [7, 11) is 0. The minimum Gasteiger partial charge on any atom is -0.466 e. The Hall–Kier alpha value is -1.30. The Bertz CT molecular complexity index is 596. The summed E-state index contributed by atoms with van der Waals surface area (Å²) < 4.78 is 5.10. The molecule has 1 saturated heterocycles. The van der Waals surface area contributed by atoms with Crippen molar-refractivity contribution in [2.45, 2.75) is 33.1 Å². The van der Waals surface area contributed by atoms with Crippen LogP contribution in [0.3, 0.4) is 0 Å². The molecule has 140 valence electrons. The van der Waals surface area contributed by atoms with Gasteiger partial charge in [0, 0.05) is 30.2 Å². The van der Waals surface area contributed by atoms with Crippen LogP contribution in [0.4, 0.5) is 5.69 Å². The minimum atomic E-state index is -0.124. The van der Waals surface area contributed by atoms with Gasteiger partial charge in [-0.05, 0) is 50.9 Å². The van der Waals surface area contributed by atoms with Crippen molar-refractivity contribution in [1.29, 1.82) is 0 Å². The maximum atomic E-state index is 12.2. The normalized spacial score (nSPS) is 17.5. The Labute approximate surface area is 160 Å². The lowest BCUT2D eigenvalue weighted by Gasteiger charge is -2.31. The van der Waals surface area contributed by atoms with E-state index in [4.69, 9.17) is 16.3 Å². The van der Waals surface area contributed by atoms with Crippen LogP contribution < -0.4 is 5.32 Å². The molecule has 7 heteroatoms. The first-order valence-corrected chi connectivity index (χ1v) is 8.83. The summed E-state index contributed by atoms with van der Waals surface area (Å²) in [5, 5.41) is 3.54. The number of piperidine rings is 1. The molecule has 1 aliphatic rings. The van der Waals surface area contributed by atoms with Gasteiger partial charge in [0.2, 0.25) is 5.91 Å². The topological polar surface area (TPSA) is 58.6 Å². The molecule has 1 aromatic rings. The molecule has 0 saturated carbocycles. The van der Waals surface area contributed by atoms with Crippen LogP contribution in [0.2, 0.25) is 5.02 Å². The van der Waals surface area contributed by atoms with Crippen molar-refractivity contribution >= 4 is 41.6 Å². The molecular weight excluding hydrogens is 363 g/mol. The van der Waals surface area contributed by atoms with E-state index < -0.39 is 0 Å².